The maximum Gasteiger partial charge on any atom is 0.237 e. The van der Waals surface area contributed by atoms with Crippen molar-refractivity contribution in [2.45, 2.75) is 32.6 Å². The van der Waals surface area contributed by atoms with Crippen LogP contribution in [0.1, 0.15) is 49.4 Å². The number of rotatable bonds is 10. The first-order valence-electron chi connectivity index (χ1n) is 18.1. The Morgan fingerprint density at radius 2 is 1.79 bits per heavy atom. The molecule has 13 heteroatoms. The number of hydrogen-bond acceptors (Lipinski definition) is 9. The molecule has 0 aliphatic carbocycles. The molecule has 0 saturated carbocycles. The number of carbonyl (C=O) groups is 2. The van der Waals surface area contributed by atoms with Crippen molar-refractivity contribution in [2.24, 2.45) is 13.0 Å². The van der Waals surface area contributed by atoms with Crippen molar-refractivity contribution in [3.05, 3.63) is 89.6 Å². The highest BCUT2D eigenvalue weighted by atomic mass is 19.1. The summed E-state index contributed by atoms with van der Waals surface area (Å²) in [6.07, 6.45) is 7.21. The first-order chi connectivity index (χ1) is 25.2. The fourth-order valence-electron chi connectivity index (χ4n) is 7.41. The third-order valence-corrected chi connectivity index (χ3v) is 10.3. The van der Waals surface area contributed by atoms with Gasteiger partial charge in [-0.15, -0.1) is 0 Å². The Balaban J connectivity index is 0.954. The molecule has 0 unspecified atom stereocenters. The maximum absolute atomic E-state index is 14.7. The van der Waals surface area contributed by atoms with Gasteiger partial charge in [-0.1, -0.05) is 30.3 Å². The molecule has 2 amide bonds. The second-order valence-corrected chi connectivity index (χ2v) is 13.8. The van der Waals surface area contributed by atoms with Crippen molar-refractivity contribution in [2.75, 3.05) is 67.9 Å². The van der Waals surface area contributed by atoms with E-state index >= 15 is 0 Å². The lowest BCUT2D eigenvalue weighted by atomic mass is 9.98. The first-order valence-corrected chi connectivity index (χ1v) is 18.1. The average Bonchev–Trinajstić information content (AvgIpc) is 3.96. The second-order valence-electron chi connectivity index (χ2n) is 13.8. The van der Waals surface area contributed by atoms with Gasteiger partial charge < -0.3 is 20.4 Å². The third-order valence-electron chi connectivity index (χ3n) is 10.3. The predicted molar refractivity (Wildman–Crippen MR) is 201 cm³/mol. The van der Waals surface area contributed by atoms with Gasteiger partial charge in [0.05, 0.1) is 23.9 Å². The number of nitrogens with zero attached hydrogens (tertiary/aromatic N) is 8. The van der Waals surface area contributed by atoms with E-state index in [1.807, 2.05) is 35.9 Å². The molecule has 270 valence electrons. The van der Waals surface area contributed by atoms with E-state index < -0.39 is 5.82 Å². The monoisotopic (exact) mass is 704 g/mol. The number of aryl methyl sites for hydroxylation is 1. The smallest absolute Gasteiger partial charge is 0.237 e. The maximum atomic E-state index is 14.7. The molecule has 3 N–H and O–H groups in total. The predicted octanol–water partition coefficient (Wildman–Crippen LogP) is 4.61. The number of benzene rings is 2. The van der Waals surface area contributed by atoms with Crippen LogP contribution >= 0.6 is 0 Å². The van der Waals surface area contributed by atoms with Crippen molar-refractivity contribution in [3.63, 3.8) is 0 Å². The number of carbonyl (C=O) groups excluding carboxylic acids is 2. The number of halogens is 1. The van der Waals surface area contributed by atoms with Gasteiger partial charge in [-0.2, -0.15) is 5.10 Å². The topological polar surface area (TPSA) is 141 Å². The molecule has 2 aromatic carbocycles. The minimum absolute atomic E-state index is 0.0219. The Morgan fingerprint density at radius 3 is 2.48 bits per heavy atom. The van der Waals surface area contributed by atoms with E-state index in [0.717, 1.165) is 43.5 Å². The quantitative estimate of drug-likeness (QED) is 0.180. The molecule has 1 atom stereocenters. The number of hydrogen-bond donors (Lipinski definition) is 2. The molecule has 3 aliphatic rings. The van der Waals surface area contributed by atoms with Crippen LogP contribution in [0, 0.1) is 17.1 Å². The molecule has 2 saturated heterocycles. The fraction of sp³-hybridized carbons (Fsp3) is 0.385. The van der Waals surface area contributed by atoms with Crippen LogP contribution in [0.4, 0.5) is 21.6 Å². The molecule has 0 bridgehead atoms. The normalized spacial score (nSPS) is 17.8. The lowest BCUT2D eigenvalue weighted by molar-refractivity contribution is -0.132. The number of nitrogens with two attached hydrogens (primary N) is 1. The molecule has 3 aliphatic heterocycles. The SMILES string of the molecule is CCN(C(=O)[C@@H]1CCN(CC(=O)N2CC=C(c3ccc(-c4ncn(C)n4)cc3)CC2)C1)c1ccc(N)c(C(=N)c2ccc(F)c(N3CCCC3)n2)c1. The Hall–Kier alpha value is -5.43. The van der Waals surface area contributed by atoms with Crippen LogP contribution in [-0.4, -0.2) is 99.4 Å². The van der Waals surface area contributed by atoms with Gasteiger partial charge in [-0.05, 0) is 80.6 Å². The molecule has 0 radical (unpaired) electrons. The zero-order valence-electron chi connectivity index (χ0n) is 29.8. The summed E-state index contributed by atoms with van der Waals surface area (Å²) in [6, 6.07) is 16.3. The number of amides is 2. The van der Waals surface area contributed by atoms with E-state index in [2.05, 4.69) is 38.2 Å². The summed E-state index contributed by atoms with van der Waals surface area (Å²) in [7, 11) is 1.85. The van der Waals surface area contributed by atoms with E-state index in [0.29, 0.717) is 67.6 Å². The number of anilines is 3. The molecule has 4 aromatic rings. The molecule has 52 heavy (non-hydrogen) atoms. The zero-order valence-corrected chi connectivity index (χ0v) is 29.8. The van der Waals surface area contributed by atoms with Crippen molar-refractivity contribution < 1.29 is 14.0 Å². The van der Waals surface area contributed by atoms with Gasteiger partial charge >= 0.3 is 0 Å². The minimum atomic E-state index is -0.408. The van der Waals surface area contributed by atoms with E-state index in [4.69, 9.17) is 11.1 Å². The van der Waals surface area contributed by atoms with E-state index in [1.54, 1.807) is 34.1 Å². The molecule has 12 nitrogen and oxygen atoms in total. The van der Waals surface area contributed by atoms with Crippen LogP contribution in [0.3, 0.4) is 0 Å². The zero-order chi connectivity index (χ0) is 36.4. The van der Waals surface area contributed by atoms with Gasteiger partial charge in [0.1, 0.15) is 6.33 Å². The summed E-state index contributed by atoms with van der Waals surface area (Å²) in [5, 5.41) is 13.3. The Bertz CT molecular complexity index is 2000. The van der Waals surface area contributed by atoms with Crippen LogP contribution in [0.15, 0.2) is 67.0 Å². The van der Waals surface area contributed by atoms with E-state index in [9.17, 15) is 14.0 Å². The number of pyridine rings is 1. The number of likely N-dealkylation sites (tertiary alicyclic amines) is 1. The van der Waals surface area contributed by atoms with Crippen LogP contribution in [0.25, 0.3) is 17.0 Å². The largest absolute Gasteiger partial charge is 0.398 e. The highest BCUT2D eigenvalue weighted by Crippen LogP contribution is 2.29. The molecule has 2 aromatic heterocycles. The molecule has 7 rings (SSSR count). The molecule has 5 heterocycles. The van der Waals surface area contributed by atoms with Gasteiger partial charge in [-0.25, -0.2) is 14.4 Å². The number of nitrogens with one attached hydrogen (secondary N) is 1. The summed E-state index contributed by atoms with van der Waals surface area (Å²) in [5.74, 6) is 0.330. The lowest BCUT2D eigenvalue weighted by Crippen LogP contribution is -2.42. The van der Waals surface area contributed by atoms with Crippen molar-refractivity contribution >= 4 is 40.3 Å². The summed E-state index contributed by atoms with van der Waals surface area (Å²) in [5.41, 5.74) is 11.5. The Kier molecular flexibility index (Phi) is 10.1. The van der Waals surface area contributed by atoms with Crippen molar-refractivity contribution in [1.82, 2.24) is 29.5 Å². The lowest BCUT2D eigenvalue weighted by Gasteiger charge is -2.29. The minimum Gasteiger partial charge on any atom is -0.398 e. The van der Waals surface area contributed by atoms with Crippen LogP contribution in [0.2, 0.25) is 0 Å². The summed E-state index contributed by atoms with van der Waals surface area (Å²) in [6.45, 7) is 6.47. The van der Waals surface area contributed by atoms with Crippen LogP contribution in [0.5, 0.6) is 0 Å². The van der Waals surface area contributed by atoms with Gasteiger partial charge in [0.2, 0.25) is 11.8 Å². The molecule has 0 spiro atoms. The summed E-state index contributed by atoms with van der Waals surface area (Å²) >= 11 is 0. The molecular formula is C39H45FN10O2. The summed E-state index contributed by atoms with van der Waals surface area (Å²) < 4.78 is 16.3. The molecular weight excluding hydrogens is 659 g/mol. The Labute approximate surface area is 303 Å². The molecule has 2 fully saturated rings. The third kappa shape index (κ3) is 7.31. The average molecular weight is 705 g/mol. The van der Waals surface area contributed by atoms with Crippen molar-refractivity contribution in [3.8, 4) is 11.4 Å². The van der Waals surface area contributed by atoms with Gasteiger partial charge in [0.25, 0.3) is 0 Å². The highest BCUT2D eigenvalue weighted by Gasteiger charge is 2.33. The van der Waals surface area contributed by atoms with Gasteiger partial charge in [-0.3, -0.25) is 24.6 Å². The first kappa shape index (κ1) is 35.0. The Morgan fingerprint density at radius 1 is 1.02 bits per heavy atom. The standard InChI is InChI=1S/C39H45FN10O2/c1-3-50(30-10-12-33(41)31(22-30)36(42)34-13-11-32(40)38(44-34)49-17-4-5-18-49)39(52)29-14-19-47(23-29)24-35(51)48-20-15-27(16-21-48)26-6-8-28(9-7-26)37-43-25-46(2)45-37/h6-13,15,22,25,29,42H,3-5,14,16-21,23-24,41H2,1-2H3/t29-/m1/s1. The van der Waals surface area contributed by atoms with Crippen LogP contribution in [-0.2, 0) is 16.6 Å². The van der Waals surface area contributed by atoms with Crippen LogP contribution < -0.4 is 15.5 Å². The van der Waals surface area contributed by atoms with Gasteiger partial charge in [0, 0.05) is 68.8 Å². The fourth-order valence-corrected chi connectivity index (χ4v) is 7.41. The van der Waals surface area contributed by atoms with E-state index in [-0.39, 0.29) is 35.8 Å². The number of nitrogen functional groups attached to an aromatic ring is 1. The van der Waals surface area contributed by atoms with E-state index in [1.165, 1.54) is 17.7 Å². The van der Waals surface area contributed by atoms with Crippen molar-refractivity contribution in [1.29, 1.82) is 5.41 Å². The highest BCUT2D eigenvalue weighted by molar-refractivity contribution is 6.13. The number of aromatic nitrogens is 4. The summed E-state index contributed by atoms with van der Waals surface area (Å²) in [4.78, 5) is 43.6. The van der Waals surface area contributed by atoms with Gasteiger partial charge in [0.15, 0.2) is 17.5 Å². The second kappa shape index (κ2) is 15.0.